The van der Waals surface area contributed by atoms with E-state index in [1.165, 1.54) is 12.1 Å². The molecule has 1 rings (SSSR count). The molecule has 0 amide bonds. The average Bonchev–Trinajstić information content (AvgIpc) is 2.19. The summed E-state index contributed by atoms with van der Waals surface area (Å²) in [7, 11) is 0. The predicted molar refractivity (Wildman–Crippen MR) is 72.6 cm³/mol. The lowest BCUT2D eigenvalue weighted by molar-refractivity contribution is -0.384. The number of hydrogen-bond donors (Lipinski definition) is 0. The van der Waals surface area contributed by atoms with Crippen LogP contribution >= 0.6 is 50.1 Å². The average molecular weight is 439 g/mol. The molecule has 0 aliphatic heterocycles. The Bertz CT molecular complexity index is 493. The third-order valence-electron chi connectivity index (χ3n) is 1.59. The van der Waals surface area contributed by atoms with E-state index in [2.05, 4.69) is 4.99 Å². The van der Waals surface area contributed by atoms with E-state index < -0.39 is 14.9 Å². The molecule has 0 atom stereocenters. The van der Waals surface area contributed by atoms with Gasteiger partial charge in [0.15, 0.2) is 5.17 Å². The van der Waals surface area contributed by atoms with Crippen LogP contribution in [0, 0.1) is 13.7 Å². The van der Waals surface area contributed by atoms with Gasteiger partial charge in [-0.25, -0.2) is 4.99 Å². The van der Waals surface area contributed by atoms with Crippen molar-refractivity contribution in [2.75, 3.05) is 0 Å². The van der Waals surface area contributed by atoms with E-state index in [9.17, 15) is 18.9 Å². The number of hydrogen-bond acceptors (Lipinski definition) is 3. The summed E-state index contributed by atoms with van der Waals surface area (Å²) in [6, 6.07) is 3.72. The van der Waals surface area contributed by atoms with Gasteiger partial charge < -0.3 is 0 Å². The topological polar surface area (TPSA) is 55.5 Å². The number of benzene rings is 1. The van der Waals surface area contributed by atoms with Crippen LogP contribution in [-0.4, -0.2) is 14.9 Å². The van der Waals surface area contributed by atoms with Crippen LogP contribution in [0.25, 0.3) is 0 Å². The van der Waals surface area contributed by atoms with Crippen molar-refractivity contribution in [1.82, 2.24) is 0 Å². The SMILES string of the molecule is O=[N+]([O-])c1ccc(I)c(N=C(Cl)C(F)(F)Br)c1. The first-order valence-corrected chi connectivity index (χ1v) is 6.22. The largest absolute Gasteiger partial charge is 0.353 e. The summed E-state index contributed by atoms with van der Waals surface area (Å²) in [5.41, 5.74) is -0.226. The van der Waals surface area contributed by atoms with Gasteiger partial charge in [0.2, 0.25) is 0 Å². The number of nitro benzene ring substituents is 1. The van der Waals surface area contributed by atoms with E-state index in [4.69, 9.17) is 11.6 Å². The molecule has 92 valence electrons. The molecule has 0 aliphatic rings. The summed E-state index contributed by atoms with van der Waals surface area (Å²) in [5, 5.41) is 9.52. The van der Waals surface area contributed by atoms with Gasteiger partial charge in [-0.05, 0) is 44.6 Å². The Kier molecular flexibility index (Phi) is 4.78. The highest BCUT2D eigenvalue weighted by molar-refractivity contribution is 14.1. The maximum absolute atomic E-state index is 12.7. The van der Waals surface area contributed by atoms with E-state index in [1.807, 2.05) is 38.5 Å². The Morgan fingerprint density at radius 1 is 1.59 bits per heavy atom. The molecule has 0 N–H and O–H groups in total. The molecule has 0 aliphatic carbocycles. The lowest BCUT2D eigenvalue weighted by Gasteiger charge is -2.05. The number of rotatable bonds is 3. The molecular formula is C8H3BrClF2IN2O2. The number of non-ortho nitro benzene ring substituents is 1. The molecule has 1 aromatic rings. The summed E-state index contributed by atoms with van der Waals surface area (Å²) < 4.78 is 25.9. The van der Waals surface area contributed by atoms with Crippen LogP contribution in [0.1, 0.15) is 0 Å². The minimum atomic E-state index is -3.46. The summed E-state index contributed by atoms with van der Waals surface area (Å²) >= 11 is 9.13. The van der Waals surface area contributed by atoms with Gasteiger partial charge in [0, 0.05) is 15.7 Å². The van der Waals surface area contributed by atoms with Gasteiger partial charge in [0.05, 0.1) is 10.6 Å². The predicted octanol–water partition coefficient (Wildman–Crippen LogP) is 4.46. The van der Waals surface area contributed by atoms with Gasteiger partial charge in [0.25, 0.3) is 5.69 Å². The fourth-order valence-electron chi connectivity index (χ4n) is 0.869. The number of alkyl halides is 3. The highest BCUT2D eigenvalue weighted by Gasteiger charge is 2.31. The summed E-state index contributed by atoms with van der Waals surface area (Å²) in [6.07, 6.45) is 0. The lowest BCUT2D eigenvalue weighted by Crippen LogP contribution is -2.14. The third kappa shape index (κ3) is 4.11. The second-order valence-electron chi connectivity index (χ2n) is 2.79. The molecule has 0 fully saturated rings. The highest BCUT2D eigenvalue weighted by atomic mass is 127. The van der Waals surface area contributed by atoms with E-state index in [0.717, 1.165) is 6.07 Å². The molecule has 1 aromatic carbocycles. The van der Waals surface area contributed by atoms with Crippen LogP contribution in [-0.2, 0) is 0 Å². The van der Waals surface area contributed by atoms with E-state index in [1.54, 1.807) is 0 Å². The van der Waals surface area contributed by atoms with Crippen LogP contribution in [0.4, 0.5) is 20.2 Å². The molecule has 4 nitrogen and oxygen atoms in total. The first kappa shape index (κ1) is 14.7. The Morgan fingerprint density at radius 3 is 2.65 bits per heavy atom. The van der Waals surface area contributed by atoms with Gasteiger partial charge in [-0.1, -0.05) is 11.6 Å². The number of nitrogens with zero attached hydrogens (tertiary/aromatic N) is 2. The van der Waals surface area contributed by atoms with Gasteiger partial charge in [-0.2, -0.15) is 8.78 Å². The molecule has 0 saturated carbocycles. The van der Waals surface area contributed by atoms with Crippen LogP contribution < -0.4 is 0 Å². The van der Waals surface area contributed by atoms with Crippen molar-refractivity contribution in [3.63, 3.8) is 0 Å². The third-order valence-corrected chi connectivity index (χ3v) is 3.43. The maximum Gasteiger partial charge on any atom is 0.353 e. The molecule has 0 radical (unpaired) electrons. The Hall–Kier alpha value is -0.350. The molecule has 0 heterocycles. The fourth-order valence-corrected chi connectivity index (χ4v) is 1.51. The van der Waals surface area contributed by atoms with Crippen LogP contribution in [0.5, 0.6) is 0 Å². The maximum atomic E-state index is 12.7. The number of nitro groups is 1. The Morgan fingerprint density at radius 2 is 2.18 bits per heavy atom. The molecule has 0 spiro atoms. The fraction of sp³-hybridized carbons (Fsp3) is 0.125. The first-order chi connectivity index (χ1) is 7.71. The minimum absolute atomic E-state index is 0.0175. The molecule has 0 bridgehead atoms. The molecule has 0 saturated heterocycles. The van der Waals surface area contributed by atoms with E-state index in [-0.39, 0.29) is 11.4 Å². The van der Waals surface area contributed by atoms with Crippen molar-refractivity contribution in [1.29, 1.82) is 0 Å². The van der Waals surface area contributed by atoms with E-state index in [0.29, 0.717) is 3.57 Å². The van der Waals surface area contributed by atoms with Crippen LogP contribution in [0.15, 0.2) is 23.2 Å². The molecule has 17 heavy (non-hydrogen) atoms. The van der Waals surface area contributed by atoms with Crippen molar-refractivity contribution >= 4 is 66.7 Å². The molecule has 0 unspecified atom stereocenters. The number of halogens is 5. The monoisotopic (exact) mass is 438 g/mol. The molecule has 0 aromatic heterocycles. The smallest absolute Gasteiger partial charge is 0.258 e. The van der Waals surface area contributed by atoms with Crippen molar-refractivity contribution in [2.24, 2.45) is 4.99 Å². The zero-order valence-corrected chi connectivity index (χ0v) is 12.3. The Balaban J connectivity index is 3.23. The van der Waals surface area contributed by atoms with Gasteiger partial charge >= 0.3 is 4.83 Å². The molecular weight excluding hydrogens is 436 g/mol. The van der Waals surface area contributed by atoms with E-state index >= 15 is 0 Å². The second kappa shape index (κ2) is 5.53. The van der Waals surface area contributed by atoms with Crippen LogP contribution in [0.3, 0.4) is 0 Å². The van der Waals surface area contributed by atoms with Gasteiger partial charge in [-0.3, -0.25) is 10.1 Å². The lowest BCUT2D eigenvalue weighted by atomic mass is 10.3. The number of aliphatic imine (C=N–C) groups is 1. The van der Waals surface area contributed by atoms with Crippen molar-refractivity contribution in [3.05, 3.63) is 31.9 Å². The van der Waals surface area contributed by atoms with Crippen molar-refractivity contribution in [3.8, 4) is 0 Å². The molecule has 9 heteroatoms. The standard InChI is InChI=1S/C8H3BrClF2IN2O2/c9-8(11,12)7(10)14-6-3-4(15(16)17)1-2-5(6)13/h1-3H. The van der Waals surface area contributed by atoms with Crippen molar-refractivity contribution in [2.45, 2.75) is 4.83 Å². The summed E-state index contributed by atoms with van der Waals surface area (Å²) in [6.45, 7) is 0. The van der Waals surface area contributed by atoms with Crippen molar-refractivity contribution < 1.29 is 13.7 Å². The second-order valence-corrected chi connectivity index (χ2v) is 5.31. The zero-order chi connectivity index (χ0) is 13.2. The first-order valence-electron chi connectivity index (χ1n) is 3.97. The quantitative estimate of drug-likeness (QED) is 0.230. The van der Waals surface area contributed by atoms with Gasteiger partial charge in [0.1, 0.15) is 0 Å². The normalized spacial score (nSPS) is 12.6. The highest BCUT2D eigenvalue weighted by Crippen LogP contribution is 2.31. The van der Waals surface area contributed by atoms with Gasteiger partial charge in [-0.15, -0.1) is 0 Å². The summed E-state index contributed by atoms with van der Waals surface area (Å²) in [5.74, 6) is 0. The zero-order valence-electron chi connectivity index (χ0n) is 7.83. The Labute approximate surface area is 121 Å². The minimum Gasteiger partial charge on any atom is -0.258 e. The van der Waals surface area contributed by atoms with Crippen LogP contribution in [0.2, 0.25) is 0 Å². The summed E-state index contributed by atoms with van der Waals surface area (Å²) in [4.78, 5) is 9.86.